The third-order valence-corrected chi connectivity index (χ3v) is 10.5. The van der Waals surface area contributed by atoms with E-state index in [4.69, 9.17) is 14.9 Å². The third-order valence-electron chi connectivity index (χ3n) is 10.5. The minimum atomic E-state index is -1.38. The molecule has 0 radical (unpaired) electrons. The Kier molecular flexibility index (Phi) is 39.4. The lowest BCUT2D eigenvalue weighted by molar-refractivity contribution is -0.150. The summed E-state index contributed by atoms with van der Waals surface area (Å²) in [6, 6.07) is -1.38. The molecule has 0 aromatic heterocycles. The number of carboxylic acid groups (broad SMARTS) is 1. The maximum Gasteiger partial charge on any atom is 0.328 e. The number of aliphatic carboxylic acids is 1. The van der Waals surface area contributed by atoms with Crippen LogP contribution < -0.4 is 10.6 Å². The first-order valence-electron chi connectivity index (χ1n) is 23.1. The minimum absolute atomic E-state index is 0.0380. The van der Waals surface area contributed by atoms with E-state index in [1.807, 2.05) is 0 Å². The van der Waals surface area contributed by atoms with Gasteiger partial charge in [-0.05, 0) is 57.8 Å². The lowest BCUT2D eigenvalue weighted by atomic mass is 10.0. The molecule has 55 heavy (non-hydrogen) atoms. The first-order chi connectivity index (χ1) is 26.8. The van der Waals surface area contributed by atoms with Crippen molar-refractivity contribution in [2.24, 2.45) is 0 Å². The molecule has 0 heterocycles. The molecule has 0 aliphatic carbocycles. The molecule has 0 aromatic carbocycles. The fraction of sp³-hybridized carbons (Fsp3) is 0.870. The number of esters is 1. The quantitative estimate of drug-likeness (QED) is 0.0274. The van der Waals surface area contributed by atoms with Crippen molar-refractivity contribution in [1.82, 2.24) is 10.6 Å². The predicted octanol–water partition coefficient (Wildman–Crippen LogP) is 11.4. The van der Waals surface area contributed by atoms with Gasteiger partial charge in [0.15, 0.2) is 0 Å². The summed E-state index contributed by atoms with van der Waals surface area (Å²) in [5, 5.41) is 22.6. The Morgan fingerprint density at radius 2 is 0.945 bits per heavy atom. The third kappa shape index (κ3) is 38.2. The van der Waals surface area contributed by atoms with Gasteiger partial charge < -0.3 is 25.6 Å². The molecule has 322 valence electrons. The monoisotopic (exact) mass is 779 g/mol. The number of allylic oxidation sites excluding steroid dienone is 2. The van der Waals surface area contributed by atoms with Crippen LogP contribution in [0.25, 0.3) is 0 Å². The van der Waals surface area contributed by atoms with Crippen molar-refractivity contribution < 1.29 is 34.1 Å². The summed E-state index contributed by atoms with van der Waals surface area (Å²) in [6.45, 7) is 3.49. The number of amides is 2. The summed E-state index contributed by atoms with van der Waals surface area (Å²) < 4.78 is 6.02. The van der Waals surface area contributed by atoms with E-state index in [2.05, 4.69) is 36.6 Å². The normalized spacial score (nSPS) is 12.5. The summed E-state index contributed by atoms with van der Waals surface area (Å²) >= 11 is 0. The molecule has 0 saturated heterocycles. The topological polar surface area (TPSA) is 142 Å². The van der Waals surface area contributed by atoms with Crippen molar-refractivity contribution in [3.05, 3.63) is 12.2 Å². The summed E-state index contributed by atoms with van der Waals surface area (Å²) in [5.74, 6) is -2.30. The van der Waals surface area contributed by atoms with Gasteiger partial charge in [-0.15, -0.1) is 0 Å². The number of carbonyl (C=O) groups is 4. The van der Waals surface area contributed by atoms with Crippen LogP contribution in [-0.2, 0) is 23.9 Å². The molecular weight excluding hydrogens is 693 g/mol. The Hall–Kier alpha value is -2.42. The predicted molar refractivity (Wildman–Crippen MR) is 227 cm³/mol. The summed E-state index contributed by atoms with van der Waals surface area (Å²) in [6.07, 6.45) is 43.8. The Bertz CT molecular complexity index is 941. The molecule has 0 spiro atoms. The van der Waals surface area contributed by atoms with E-state index in [1.165, 1.54) is 128 Å². The maximum absolute atomic E-state index is 12.8. The van der Waals surface area contributed by atoms with Gasteiger partial charge in [0.05, 0.1) is 13.2 Å². The van der Waals surface area contributed by atoms with E-state index in [-0.39, 0.29) is 24.5 Å². The highest BCUT2D eigenvalue weighted by Crippen LogP contribution is 2.18. The average Bonchev–Trinajstić information content (AvgIpc) is 3.17. The zero-order chi connectivity index (χ0) is 40.5. The van der Waals surface area contributed by atoms with Crippen LogP contribution in [-0.4, -0.2) is 59.3 Å². The number of carboxylic acids is 1. The van der Waals surface area contributed by atoms with Gasteiger partial charge in [0, 0.05) is 12.8 Å². The zero-order valence-corrected chi connectivity index (χ0v) is 35.7. The number of unbranched alkanes of at least 4 members (excludes halogenated alkanes) is 26. The Balaban J connectivity index is 4.27. The van der Waals surface area contributed by atoms with Gasteiger partial charge in [-0.1, -0.05) is 174 Å². The van der Waals surface area contributed by atoms with Gasteiger partial charge in [-0.3, -0.25) is 14.4 Å². The van der Waals surface area contributed by atoms with Crippen LogP contribution in [0.15, 0.2) is 12.2 Å². The molecule has 0 aromatic rings. The molecule has 0 bridgehead atoms. The molecule has 0 rings (SSSR count). The number of hydrogen-bond donors (Lipinski definition) is 4. The van der Waals surface area contributed by atoms with Crippen LogP contribution in [0.4, 0.5) is 0 Å². The second-order valence-electron chi connectivity index (χ2n) is 15.8. The maximum atomic E-state index is 12.8. The SMILES string of the molecule is CCCCCCCC/C=C\CCCC(CCCCCCCC(=O)NCC(=O)NC(CO)C(=O)O)OC(=O)CCCCCCCCCCCCCCCCCC. The van der Waals surface area contributed by atoms with E-state index in [9.17, 15) is 19.2 Å². The van der Waals surface area contributed by atoms with Gasteiger partial charge in [0.25, 0.3) is 0 Å². The number of aliphatic hydroxyl groups excluding tert-OH is 1. The lowest BCUT2D eigenvalue weighted by Gasteiger charge is -2.18. The Labute approximate surface area is 337 Å². The number of hydrogen-bond acceptors (Lipinski definition) is 6. The summed E-state index contributed by atoms with van der Waals surface area (Å²) in [5.41, 5.74) is 0. The largest absolute Gasteiger partial charge is 0.480 e. The van der Waals surface area contributed by atoms with Crippen molar-refractivity contribution in [1.29, 1.82) is 0 Å². The molecule has 4 N–H and O–H groups in total. The van der Waals surface area contributed by atoms with Gasteiger partial charge in [-0.25, -0.2) is 4.79 Å². The molecule has 2 amide bonds. The molecule has 0 aliphatic heterocycles. The number of ether oxygens (including phenoxy) is 1. The van der Waals surface area contributed by atoms with E-state index >= 15 is 0 Å². The van der Waals surface area contributed by atoms with Crippen LogP contribution in [0.1, 0.15) is 232 Å². The smallest absolute Gasteiger partial charge is 0.328 e. The van der Waals surface area contributed by atoms with E-state index in [1.54, 1.807) is 0 Å². The number of carbonyl (C=O) groups excluding carboxylic acids is 3. The van der Waals surface area contributed by atoms with E-state index in [0.717, 1.165) is 70.6 Å². The highest BCUT2D eigenvalue weighted by molar-refractivity contribution is 5.87. The molecule has 9 heteroatoms. The number of nitrogens with one attached hydrogen (secondary N) is 2. The van der Waals surface area contributed by atoms with Crippen molar-refractivity contribution in [3.8, 4) is 0 Å². The van der Waals surface area contributed by atoms with Gasteiger partial charge >= 0.3 is 11.9 Å². The molecular formula is C46H86N2O7. The van der Waals surface area contributed by atoms with Crippen LogP contribution in [0, 0.1) is 0 Å². The molecule has 0 fully saturated rings. The minimum Gasteiger partial charge on any atom is -0.480 e. The van der Waals surface area contributed by atoms with Crippen molar-refractivity contribution >= 4 is 23.8 Å². The molecule has 0 aliphatic rings. The fourth-order valence-corrected chi connectivity index (χ4v) is 6.95. The van der Waals surface area contributed by atoms with Crippen molar-refractivity contribution in [2.75, 3.05) is 13.2 Å². The van der Waals surface area contributed by atoms with Crippen LogP contribution >= 0.6 is 0 Å². The van der Waals surface area contributed by atoms with Gasteiger partial charge in [0.1, 0.15) is 12.1 Å². The van der Waals surface area contributed by atoms with E-state index in [0.29, 0.717) is 19.3 Å². The first-order valence-corrected chi connectivity index (χ1v) is 23.1. The van der Waals surface area contributed by atoms with E-state index < -0.39 is 24.5 Å². The summed E-state index contributed by atoms with van der Waals surface area (Å²) in [4.78, 5) is 47.6. The second kappa shape index (κ2) is 41.2. The van der Waals surface area contributed by atoms with Crippen molar-refractivity contribution in [2.45, 2.75) is 244 Å². The van der Waals surface area contributed by atoms with Crippen LogP contribution in [0.3, 0.4) is 0 Å². The molecule has 2 unspecified atom stereocenters. The second-order valence-corrected chi connectivity index (χ2v) is 15.8. The standard InChI is InChI=1S/C46H86N2O7/c1-3-5-7-9-11-13-15-16-17-18-19-21-23-25-30-34-38-45(52)55-41(35-31-27-24-22-20-14-12-10-8-6-4-2)36-32-28-26-29-33-37-43(50)47-39-44(51)48-42(40-49)46(53)54/h22,24,41-42,49H,3-21,23,25-40H2,1-2H3,(H,47,50)(H,48,51)(H,53,54)/b24-22-. The number of rotatable bonds is 42. The Morgan fingerprint density at radius 1 is 0.527 bits per heavy atom. The van der Waals surface area contributed by atoms with Crippen molar-refractivity contribution in [3.63, 3.8) is 0 Å². The first kappa shape index (κ1) is 52.6. The zero-order valence-electron chi connectivity index (χ0n) is 35.7. The molecule has 0 saturated carbocycles. The van der Waals surface area contributed by atoms with Gasteiger partial charge in [0.2, 0.25) is 11.8 Å². The number of aliphatic hydroxyl groups is 1. The lowest BCUT2D eigenvalue weighted by Crippen LogP contribution is -2.47. The molecule has 2 atom stereocenters. The van der Waals surface area contributed by atoms with Crippen LogP contribution in [0.2, 0.25) is 0 Å². The average molecular weight is 779 g/mol. The summed E-state index contributed by atoms with van der Waals surface area (Å²) in [7, 11) is 0. The van der Waals surface area contributed by atoms with Gasteiger partial charge in [-0.2, -0.15) is 0 Å². The highest BCUT2D eigenvalue weighted by Gasteiger charge is 2.19. The highest BCUT2D eigenvalue weighted by atomic mass is 16.5. The van der Waals surface area contributed by atoms with Crippen LogP contribution in [0.5, 0.6) is 0 Å². The molecule has 9 nitrogen and oxygen atoms in total. The fourth-order valence-electron chi connectivity index (χ4n) is 6.95. The Morgan fingerprint density at radius 3 is 1.44 bits per heavy atom.